The van der Waals surface area contributed by atoms with E-state index in [1.807, 2.05) is 27.7 Å². The number of benzene rings is 1. The standard InChI is InChI=1S/C18H22N2O6S/c1-10(2)18(17(3,4)27-15-13(21)14(22)19(15)18)16(23)26-9-11-5-7-12(8-6-11)20(24)25/h5-8,10,13,15,21H,9H2,1-4H3/t13-,15+,18-/m0/s1. The lowest BCUT2D eigenvalue weighted by molar-refractivity contribution is -0.384. The van der Waals surface area contributed by atoms with Gasteiger partial charge in [-0.15, -0.1) is 11.8 Å². The number of carbonyl (C=O) groups is 2. The topological polar surface area (TPSA) is 110 Å². The predicted molar refractivity (Wildman–Crippen MR) is 98.8 cm³/mol. The van der Waals surface area contributed by atoms with Gasteiger partial charge in [0, 0.05) is 16.9 Å². The van der Waals surface area contributed by atoms with Gasteiger partial charge in [0.05, 0.1) is 4.92 Å². The Kier molecular flexibility index (Phi) is 4.72. The fraction of sp³-hybridized carbons (Fsp3) is 0.556. The van der Waals surface area contributed by atoms with Gasteiger partial charge in [0.25, 0.3) is 11.6 Å². The van der Waals surface area contributed by atoms with E-state index in [0.717, 1.165) is 0 Å². The van der Waals surface area contributed by atoms with Crippen molar-refractivity contribution in [3.05, 3.63) is 39.9 Å². The van der Waals surface area contributed by atoms with Gasteiger partial charge >= 0.3 is 5.97 Å². The molecule has 2 aliphatic heterocycles. The molecule has 0 radical (unpaired) electrons. The van der Waals surface area contributed by atoms with E-state index in [-0.39, 0.29) is 18.2 Å². The summed E-state index contributed by atoms with van der Waals surface area (Å²) in [7, 11) is 0. The quantitative estimate of drug-likeness (QED) is 0.352. The van der Waals surface area contributed by atoms with Gasteiger partial charge in [-0.3, -0.25) is 14.9 Å². The molecule has 3 atom stereocenters. The zero-order valence-corrected chi connectivity index (χ0v) is 16.4. The van der Waals surface area contributed by atoms with Crippen molar-refractivity contribution in [1.82, 2.24) is 4.90 Å². The van der Waals surface area contributed by atoms with E-state index in [0.29, 0.717) is 5.56 Å². The molecule has 27 heavy (non-hydrogen) atoms. The molecule has 8 nitrogen and oxygen atoms in total. The number of aliphatic hydroxyl groups excluding tert-OH is 1. The average Bonchev–Trinajstić information content (AvgIpc) is 2.85. The first-order valence-electron chi connectivity index (χ1n) is 8.63. The number of nitro groups is 1. The normalized spacial score (nSPS) is 28.7. The summed E-state index contributed by atoms with van der Waals surface area (Å²) in [4.78, 5) is 37.2. The lowest BCUT2D eigenvalue weighted by atomic mass is 9.73. The Morgan fingerprint density at radius 2 is 1.96 bits per heavy atom. The Bertz CT molecular complexity index is 794. The number of rotatable bonds is 5. The van der Waals surface area contributed by atoms with Crippen LogP contribution in [0.25, 0.3) is 0 Å². The second-order valence-corrected chi connectivity index (χ2v) is 9.33. The predicted octanol–water partition coefficient (Wildman–Crippen LogP) is 2.09. The number of ether oxygens (including phenoxy) is 1. The van der Waals surface area contributed by atoms with Gasteiger partial charge in [-0.2, -0.15) is 0 Å². The molecule has 1 N–H and O–H groups in total. The number of fused-ring (bicyclic) bond motifs is 1. The highest BCUT2D eigenvalue weighted by atomic mass is 32.2. The van der Waals surface area contributed by atoms with E-state index in [9.17, 15) is 24.8 Å². The molecule has 0 bridgehead atoms. The van der Waals surface area contributed by atoms with Gasteiger partial charge in [-0.25, -0.2) is 4.79 Å². The van der Waals surface area contributed by atoms with Crippen LogP contribution >= 0.6 is 11.8 Å². The second kappa shape index (κ2) is 6.49. The minimum atomic E-state index is -1.20. The lowest BCUT2D eigenvalue weighted by Gasteiger charge is -2.51. The molecule has 0 aromatic heterocycles. The van der Waals surface area contributed by atoms with E-state index in [4.69, 9.17) is 4.74 Å². The number of thioether (sulfide) groups is 1. The van der Waals surface area contributed by atoms with Gasteiger partial charge in [-0.05, 0) is 37.5 Å². The lowest BCUT2D eigenvalue weighted by Crippen LogP contribution is -2.74. The number of non-ortho nitro benzene ring substituents is 1. The van der Waals surface area contributed by atoms with Crippen LogP contribution in [-0.4, -0.2) is 48.6 Å². The Labute approximate surface area is 161 Å². The van der Waals surface area contributed by atoms with Gasteiger partial charge < -0.3 is 14.7 Å². The Hall–Kier alpha value is -2.13. The second-order valence-electron chi connectivity index (χ2n) is 7.59. The fourth-order valence-corrected chi connectivity index (χ4v) is 5.97. The van der Waals surface area contributed by atoms with Gasteiger partial charge in [-0.1, -0.05) is 13.8 Å². The van der Waals surface area contributed by atoms with Crippen LogP contribution in [0.5, 0.6) is 0 Å². The molecular weight excluding hydrogens is 372 g/mol. The number of nitrogens with zero attached hydrogens (tertiary/aromatic N) is 2. The summed E-state index contributed by atoms with van der Waals surface area (Å²) in [6.07, 6.45) is -1.10. The largest absolute Gasteiger partial charge is 0.459 e. The number of aliphatic hydroxyl groups is 1. The van der Waals surface area contributed by atoms with Crippen molar-refractivity contribution >= 4 is 29.3 Å². The summed E-state index contributed by atoms with van der Waals surface area (Å²) in [5, 5.41) is 20.2. The fourth-order valence-electron chi connectivity index (χ4n) is 4.15. The number of hydrogen-bond acceptors (Lipinski definition) is 7. The van der Waals surface area contributed by atoms with Crippen LogP contribution in [-0.2, 0) is 20.9 Å². The molecule has 2 fully saturated rings. The number of amides is 1. The van der Waals surface area contributed by atoms with Crippen LogP contribution in [0.4, 0.5) is 5.69 Å². The van der Waals surface area contributed by atoms with Gasteiger partial charge in [0.2, 0.25) is 0 Å². The number of β-lactam (4-membered cyclic amide) rings is 1. The Morgan fingerprint density at radius 3 is 2.48 bits per heavy atom. The molecule has 2 heterocycles. The SMILES string of the molecule is CC(C)[C@@]1(C(=O)OCc2ccc([N+](=O)[O-])cc2)N2C(=O)[C@H](O)[C@H]2SC1(C)C. The molecule has 1 amide bonds. The van der Waals surface area contributed by atoms with Crippen LogP contribution in [0.3, 0.4) is 0 Å². The summed E-state index contributed by atoms with van der Waals surface area (Å²) in [5.74, 6) is -1.22. The monoisotopic (exact) mass is 394 g/mol. The zero-order chi connectivity index (χ0) is 20.1. The molecule has 2 saturated heterocycles. The van der Waals surface area contributed by atoms with Crippen LogP contribution in [0.2, 0.25) is 0 Å². The van der Waals surface area contributed by atoms with Crippen molar-refractivity contribution in [3.8, 4) is 0 Å². The van der Waals surface area contributed by atoms with Gasteiger partial charge in [0.1, 0.15) is 12.0 Å². The van der Waals surface area contributed by atoms with E-state index in [1.54, 1.807) is 0 Å². The molecule has 0 spiro atoms. The van der Waals surface area contributed by atoms with Gasteiger partial charge in [0.15, 0.2) is 11.6 Å². The van der Waals surface area contributed by atoms with Crippen LogP contribution in [0.1, 0.15) is 33.3 Å². The molecule has 1 aromatic carbocycles. The smallest absolute Gasteiger partial charge is 0.334 e. The number of esters is 1. The molecule has 0 aliphatic carbocycles. The molecule has 146 valence electrons. The van der Waals surface area contributed by atoms with E-state index in [1.165, 1.54) is 40.9 Å². The number of hydrogen-bond donors (Lipinski definition) is 1. The zero-order valence-electron chi connectivity index (χ0n) is 15.5. The van der Waals surface area contributed by atoms with Crippen LogP contribution in [0.15, 0.2) is 24.3 Å². The first-order valence-corrected chi connectivity index (χ1v) is 9.51. The van der Waals surface area contributed by atoms with E-state index in [2.05, 4.69) is 0 Å². The first kappa shape index (κ1) is 19.6. The van der Waals surface area contributed by atoms with Crippen molar-refractivity contribution in [3.63, 3.8) is 0 Å². The van der Waals surface area contributed by atoms with Crippen molar-refractivity contribution < 1.29 is 24.4 Å². The molecule has 1 aromatic rings. The molecule has 0 unspecified atom stereocenters. The maximum Gasteiger partial charge on any atom is 0.334 e. The highest BCUT2D eigenvalue weighted by Gasteiger charge is 2.73. The minimum Gasteiger partial charge on any atom is -0.459 e. The maximum atomic E-state index is 13.2. The third kappa shape index (κ3) is 2.71. The summed E-state index contributed by atoms with van der Waals surface area (Å²) in [5.41, 5.74) is -0.623. The first-order chi connectivity index (χ1) is 12.5. The van der Waals surface area contributed by atoms with Crippen LogP contribution < -0.4 is 0 Å². The number of nitro benzene ring substituents is 1. The average molecular weight is 394 g/mol. The highest BCUT2D eigenvalue weighted by molar-refractivity contribution is 8.01. The summed E-state index contributed by atoms with van der Waals surface area (Å²) < 4.78 is 4.90. The van der Waals surface area contributed by atoms with E-state index < -0.39 is 38.6 Å². The Morgan fingerprint density at radius 1 is 1.37 bits per heavy atom. The molecule has 2 aliphatic rings. The van der Waals surface area contributed by atoms with E-state index >= 15 is 0 Å². The molecule has 9 heteroatoms. The molecule has 3 rings (SSSR count). The third-order valence-corrected chi connectivity index (χ3v) is 7.00. The minimum absolute atomic E-state index is 0.0416. The maximum absolute atomic E-state index is 13.2. The Balaban J connectivity index is 1.84. The van der Waals surface area contributed by atoms with Crippen molar-refractivity contribution in [1.29, 1.82) is 0 Å². The molecule has 0 saturated carbocycles. The van der Waals surface area contributed by atoms with Crippen molar-refractivity contribution in [2.24, 2.45) is 5.92 Å². The summed E-state index contributed by atoms with van der Waals surface area (Å²) >= 11 is 1.40. The van der Waals surface area contributed by atoms with Crippen molar-refractivity contribution in [2.75, 3.05) is 0 Å². The summed E-state index contributed by atoms with van der Waals surface area (Å²) in [6, 6.07) is 5.76. The van der Waals surface area contributed by atoms with Crippen molar-refractivity contribution in [2.45, 2.75) is 56.1 Å². The molecular formula is C18H22N2O6S. The highest BCUT2D eigenvalue weighted by Crippen LogP contribution is 2.59. The summed E-state index contributed by atoms with van der Waals surface area (Å²) in [6.45, 7) is 7.42. The van der Waals surface area contributed by atoms with Crippen LogP contribution in [0, 0.1) is 16.0 Å². The number of carbonyl (C=O) groups excluding carboxylic acids is 2. The third-order valence-electron chi connectivity index (χ3n) is 5.39.